The Kier molecular flexibility index (Phi) is 6.19. The molecule has 4 heteroatoms. The Morgan fingerprint density at radius 3 is 2.72 bits per heavy atom. The summed E-state index contributed by atoms with van der Waals surface area (Å²) in [5.41, 5.74) is 1.43. The van der Waals surface area contributed by atoms with Gasteiger partial charge in [-0.25, -0.2) is 4.98 Å². The third-order valence-electron chi connectivity index (χ3n) is 2.85. The molecule has 0 saturated heterocycles. The molecular weight excluding hydrogens is 226 g/mol. The van der Waals surface area contributed by atoms with Crippen LogP contribution in [-0.4, -0.2) is 23.5 Å². The first-order valence-corrected chi connectivity index (χ1v) is 6.68. The third kappa shape index (κ3) is 4.73. The van der Waals surface area contributed by atoms with Crippen LogP contribution >= 0.6 is 0 Å². The average molecular weight is 249 g/mol. The zero-order chi connectivity index (χ0) is 13.4. The summed E-state index contributed by atoms with van der Waals surface area (Å²) in [5.74, 6) is -0.107. The highest BCUT2D eigenvalue weighted by molar-refractivity contribution is 5.92. The SMILES string of the molecule is CCCCNc1ccc(C(=O)NC(C)CC)nc1. The molecule has 0 aliphatic heterocycles. The Hall–Kier alpha value is -1.58. The molecular formula is C14H23N3O. The van der Waals surface area contributed by atoms with E-state index in [0.29, 0.717) is 5.69 Å². The van der Waals surface area contributed by atoms with Gasteiger partial charge >= 0.3 is 0 Å². The van der Waals surface area contributed by atoms with E-state index in [1.165, 1.54) is 0 Å². The summed E-state index contributed by atoms with van der Waals surface area (Å²) >= 11 is 0. The summed E-state index contributed by atoms with van der Waals surface area (Å²) in [6.45, 7) is 7.12. The molecule has 1 unspecified atom stereocenters. The smallest absolute Gasteiger partial charge is 0.270 e. The van der Waals surface area contributed by atoms with Gasteiger partial charge in [0.1, 0.15) is 5.69 Å². The van der Waals surface area contributed by atoms with Crippen molar-refractivity contribution in [1.82, 2.24) is 10.3 Å². The lowest BCUT2D eigenvalue weighted by atomic mass is 10.2. The van der Waals surface area contributed by atoms with Crippen molar-refractivity contribution in [3.8, 4) is 0 Å². The number of unbranched alkanes of at least 4 members (excludes halogenated alkanes) is 1. The fraction of sp³-hybridized carbons (Fsp3) is 0.571. The van der Waals surface area contributed by atoms with E-state index in [1.54, 1.807) is 12.3 Å². The molecule has 18 heavy (non-hydrogen) atoms. The van der Waals surface area contributed by atoms with Gasteiger partial charge in [-0.3, -0.25) is 4.79 Å². The number of carbonyl (C=O) groups is 1. The van der Waals surface area contributed by atoms with Crippen LogP contribution in [0.25, 0.3) is 0 Å². The Bertz CT molecular complexity index is 362. The zero-order valence-electron chi connectivity index (χ0n) is 11.5. The van der Waals surface area contributed by atoms with Gasteiger partial charge in [0.05, 0.1) is 11.9 Å². The molecule has 0 aromatic carbocycles. The number of hydrogen-bond donors (Lipinski definition) is 2. The molecule has 0 aliphatic rings. The number of carbonyl (C=O) groups excluding carboxylic acids is 1. The predicted octanol–water partition coefficient (Wildman–Crippen LogP) is 2.82. The van der Waals surface area contributed by atoms with E-state index in [-0.39, 0.29) is 11.9 Å². The lowest BCUT2D eigenvalue weighted by Gasteiger charge is -2.11. The van der Waals surface area contributed by atoms with E-state index in [9.17, 15) is 4.79 Å². The Morgan fingerprint density at radius 1 is 1.39 bits per heavy atom. The molecule has 4 nitrogen and oxygen atoms in total. The van der Waals surface area contributed by atoms with Crippen molar-refractivity contribution in [2.24, 2.45) is 0 Å². The van der Waals surface area contributed by atoms with Crippen LogP contribution in [0.15, 0.2) is 18.3 Å². The van der Waals surface area contributed by atoms with Crippen LogP contribution in [0.2, 0.25) is 0 Å². The minimum Gasteiger partial charge on any atom is -0.384 e. The van der Waals surface area contributed by atoms with E-state index in [4.69, 9.17) is 0 Å². The van der Waals surface area contributed by atoms with Crippen molar-refractivity contribution in [3.63, 3.8) is 0 Å². The summed E-state index contributed by atoms with van der Waals surface area (Å²) in [5, 5.41) is 6.17. The largest absolute Gasteiger partial charge is 0.384 e. The van der Waals surface area contributed by atoms with Crippen molar-refractivity contribution in [1.29, 1.82) is 0 Å². The summed E-state index contributed by atoms with van der Waals surface area (Å²) in [7, 11) is 0. The molecule has 0 radical (unpaired) electrons. The first-order valence-electron chi connectivity index (χ1n) is 6.68. The second-order valence-corrected chi connectivity index (χ2v) is 4.50. The van der Waals surface area contributed by atoms with E-state index >= 15 is 0 Å². The zero-order valence-corrected chi connectivity index (χ0v) is 11.5. The monoisotopic (exact) mass is 249 g/mol. The van der Waals surface area contributed by atoms with Crippen molar-refractivity contribution < 1.29 is 4.79 Å². The van der Waals surface area contributed by atoms with Gasteiger partial charge in [0.2, 0.25) is 0 Å². The predicted molar refractivity (Wildman–Crippen MR) is 74.9 cm³/mol. The molecule has 0 fully saturated rings. The standard InChI is InChI=1S/C14H23N3O/c1-4-6-9-15-12-7-8-13(16-10-12)14(18)17-11(3)5-2/h7-8,10-11,15H,4-6,9H2,1-3H3,(H,17,18). The Morgan fingerprint density at radius 2 is 2.17 bits per heavy atom. The number of nitrogens with one attached hydrogen (secondary N) is 2. The molecule has 1 aromatic rings. The van der Waals surface area contributed by atoms with Gasteiger partial charge in [0.25, 0.3) is 5.91 Å². The van der Waals surface area contributed by atoms with Crippen molar-refractivity contribution in [2.75, 3.05) is 11.9 Å². The highest BCUT2D eigenvalue weighted by Crippen LogP contribution is 2.07. The van der Waals surface area contributed by atoms with Crippen molar-refractivity contribution >= 4 is 11.6 Å². The second kappa shape index (κ2) is 7.69. The van der Waals surface area contributed by atoms with Gasteiger partial charge in [-0.15, -0.1) is 0 Å². The number of hydrogen-bond acceptors (Lipinski definition) is 3. The van der Waals surface area contributed by atoms with E-state index < -0.39 is 0 Å². The molecule has 1 amide bonds. The Labute approximate surface area is 109 Å². The summed E-state index contributed by atoms with van der Waals surface area (Å²) in [6.07, 6.45) is 4.93. The lowest BCUT2D eigenvalue weighted by molar-refractivity contribution is 0.0934. The molecule has 2 N–H and O–H groups in total. The molecule has 0 spiro atoms. The van der Waals surface area contributed by atoms with Crippen LogP contribution in [0.3, 0.4) is 0 Å². The lowest BCUT2D eigenvalue weighted by Crippen LogP contribution is -2.32. The van der Waals surface area contributed by atoms with Gasteiger partial charge in [0.15, 0.2) is 0 Å². The van der Waals surface area contributed by atoms with Crippen LogP contribution in [0.5, 0.6) is 0 Å². The second-order valence-electron chi connectivity index (χ2n) is 4.50. The molecule has 100 valence electrons. The quantitative estimate of drug-likeness (QED) is 0.731. The van der Waals surface area contributed by atoms with Gasteiger partial charge in [-0.05, 0) is 31.9 Å². The molecule has 0 bridgehead atoms. The number of pyridine rings is 1. The molecule has 1 heterocycles. The van der Waals surface area contributed by atoms with Gasteiger partial charge in [-0.1, -0.05) is 20.3 Å². The summed E-state index contributed by atoms with van der Waals surface area (Å²) < 4.78 is 0. The summed E-state index contributed by atoms with van der Waals surface area (Å²) in [6, 6.07) is 3.84. The third-order valence-corrected chi connectivity index (χ3v) is 2.85. The minimum atomic E-state index is -0.107. The molecule has 1 aromatic heterocycles. The van der Waals surface area contributed by atoms with E-state index in [1.807, 2.05) is 19.9 Å². The fourth-order valence-corrected chi connectivity index (χ4v) is 1.44. The van der Waals surface area contributed by atoms with Crippen molar-refractivity contribution in [2.45, 2.75) is 46.1 Å². The highest BCUT2D eigenvalue weighted by Gasteiger charge is 2.09. The van der Waals surface area contributed by atoms with Crippen LogP contribution in [0.4, 0.5) is 5.69 Å². The minimum absolute atomic E-state index is 0.107. The first kappa shape index (κ1) is 14.5. The number of amides is 1. The van der Waals surface area contributed by atoms with Crippen molar-refractivity contribution in [3.05, 3.63) is 24.0 Å². The molecule has 1 rings (SSSR count). The number of anilines is 1. The highest BCUT2D eigenvalue weighted by atomic mass is 16.1. The maximum Gasteiger partial charge on any atom is 0.270 e. The maximum atomic E-state index is 11.8. The van der Waals surface area contributed by atoms with E-state index in [2.05, 4.69) is 22.5 Å². The summed E-state index contributed by atoms with van der Waals surface area (Å²) in [4.78, 5) is 16.0. The normalized spacial score (nSPS) is 11.9. The number of aromatic nitrogens is 1. The molecule has 1 atom stereocenters. The van der Waals surface area contributed by atoms with Gasteiger partial charge < -0.3 is 10.6 Å². The van der Waals surface area contributed by atoms with Crippen LogP contribution in [0, 0.1) is 0 Å². The maximum absolute atomic E-state index is 11.8. The number of nitrogens with zero attached hydrogens (tertiary/aromatic N) is 1. The van der Waals surface area contributed by atoms with Crippen LogP contribution in [-0.2, 0) is 0 Å². The van der Waals surface area contributed by atoms with Crippen LogP contribution < -0.4 is 10.6 Å². The number of rotatable bonds is 7. The van der Waals surface area contributed by atoms with Gasteiger partial charge in [-0.2, -0.15) is 0 Å². The van der Waals surface area contributed by atoms with E-state index in [0.717, 1.165) is 31.5 Å². The Balaban J connectivity index is 2.51. The van der Waals surface area contributed by atoms with Crippen LogP contribution in [0.1, 0.15) is 50.5 Å². The average Bonchev–Trinajstić information content (AvgIpc) is 2.39. The first-order chi connectivity index (χ1) is 8.67. The van der Waals surface area contributed by atoms with Gasteiger partial charge in [0, 0.05) is 12.6 Å². The fourth-order valence-electron chi connectivity index (χ4n) is 1.44. The molecule has 0 aliphatic carbocycles. The topological polar surface area (TPSA) is 54.0 Å². The molecule has 0 saturated carbocycles.